The summed E-state index contributed by atoms with van der Waals surface area (Å²) in [5.74, 6) is 0.348. The van der Waals surface area contributed by atoms with E-state index in [-0.39, 0.29) is 12.0 Å². The molecule has 2 N–H and O–H groups in total. The third-order valence-electron chi connectivity index (χ3n) is 3.69. The minimum Gasteiger partial charge on any atom is -0.489 e. The summed E-state index contributed by atoms with van der Waals surface area (Å²) < 4.78 is 5.72. The Morgan fingerprint density at radius 1 is 1.04 bits per heavy atom. The molecule has 0 atom stereocenters. The van der Waals surface area contributed by atoms with Crippen LogP contribution in [-0.4, -0.2) is 22.0 Å². The molecule has 0 aliphatic rings. The molecule has 0 saturated carbocycles. The van der Waals surface area contributed by atoms with Crippen molar-refractivity contribution in [1.29, 1.82) is 0 Å². The number of carbonyl (C=O) groups is 1. The van der Waals surface area contributed by atoms with Gasteiger partial charge in [0.2, 0.25) is 0 Å². The number of nitrogens with one attached hydrogen (secondary N) is 2. The molecule has 0 fully saturated rings. The van der Waals surface area contributed by atoms with E-state index in [0.29, 0.717) is 23.7 Å². The highest BCUT2D eigenvalue weighted by molar-refractivity contribution is 6.03. The number of aromatic nitrogens is 2. The van der Waals surface area contributed by atoms with Crippen LogP contribution in [0, 0.1) is 0 Å². The lowest BCUT2D eigenvalue weighted by molar-refractivity contribution is 0.102. The molecule has 0 bridgehead atoms. The zero-order chi connectivity index (χ0) is 19.1. The standard InChI is InChI=1S/C21H22N4O2/c1-15(2)27-20-9-4-3-8-18(20)25-21(26)19-11-10-17(14-24-19)23-13-16-7-5-6-12-22-16/h3-12,14-15,23H,13H2,1-2H3,(H,25,26). The van der Waals surface area contributed by atoms with Crippen LogP contribution in [-0.2, 0) is 6.54 Å². The molecular formula is C21H22N4O2. The number of amides is 1. The molecule has 0 aliphatic heterocycles. The van der Waals surface area contributed by atoms with Crippen LogP contribution in [0.25, 0.3) is 0 Å². The third kappa shape index (κ3) is 5.28. The first-order valence-electron chi connectivity index (χ1n) is 8.78. The Balaban J connectivity index is 1.62. The van der Waals surface area contributed by atoms with Gasteiger partial charge in [0.05, 0.1) is 35.9 Å². The largest absolute Gasteiger partial charge is 0.489 e. The quantitative estimate of drug-likeness (QED) is 0.661. The van der Waals surface area contributed by atoms with Crippen molar-refractivity contribution in [2.75, 3.05) is 10.6 Å². The van der Waals surface area contributed by atoms with Crippen molar-refractivity contribution in [2.24, 2.45) is 0 Å². The van der Waals surface area contributed by atoms with Crippen LogP contribution in [0.15, 0.2) is 67.0 Å². The van der Waals surface area contributed by atoms with Gasteiger partial charge in [0, 0.05) is 6.20 Å². The first kappa shape index (κ1) is 18.4. The molecule has 138 valence electrons. The van der Waals surface area contributed by atoms with E-state index in [1.165, 1.54) is 0 Å². The number of carbonyl (C=O) groups excluding carboxylic acids is 1. The number of anilines is 2. The summed E-state index contributed by atoms with van der Waals surface area (Å²) in [7, 11) is 0. The van der Waals surface area contributed by atoms with E-state index < -0.39 is 0 Å². The minimum absolute atomic E-state index is 0.0191. The lowest BCUT2D eigenvalue weighted by atomic mass is 10.2. The Hall–Kier alpha value is -3.41. The zero-order valence-corrected chi connectivity index (χ0v) is 15.3. The number of para-hydroxylation sites is 2. The van der Waals surface area contributed by atoms with Gasteiger partial charge in [0.25, 0.3) is 5.91 Å². The first-order valence-corrected chi connectivity index (χ1v) is 8.78. The Labute approximate surface area is 158 Å². The highest BCUT2D eigenvalue weighted by Crippen LogP contribution is 2.25. The second kappa shape index (κ2) is 8.80. The lowest BCUT2D eigenvalue weighted by Crippen LogP contribution is -2.15. The Bertz CT molecular complexity index is 880. The van der Waals surface area contributed by atoms with Gasteiger partial charge in [-0.3, -0.25) is 9.78 Å². The van der Waals surface area contributed by atoms with Gasteiger partial charge in [-0.15, -0.1) is 0 Å². The van der Waals surface area contributed by atoms with E-state index >= 15 is 0 Å². The molecule has 0 spiro atoms. The minimum atomic E-state index is -0.286. The van der Waals surface area contributed by atoms with Gasteiger partial charge >= 0.3 is 0 Å². The van der Waals surface area contributed by atoms with Crippen LogP contribution >= 0.6 is 0 Å². The molecule has 1 amide bonds. The summed E-state index contributed by atoms with van der Waals surface area (Å²) in [6, 6.07) is 16.6. The van der Waals surface area contributed by atoms with Crippen molar-refractivity contribution in [3.63, 3.8) is 0 Å². The average Bonchev–Trinajstić information content (AvgIpc) is 2.69. The number of hydrogen-bond donors (Lipinski definition) is 2. The normalized spacial score (nSPS) is 10.5. The van der Waals surface area contributed by atoms with E-state index in [9.17, 15) is 4.79 Å². The van der Waals surface area contributed by atoms with E-state index in [0.717, 1.165) is 11.4 Å². The number of pyridine rings is 2. The van der Waals surface area contributed by atoms with Crippen LogP contribution in [0.1, 0.15) is 30.0 Å². The van der Waals surface area contributed by atoms with Crippen LogP contribution in [0.3, 0.4) is 0 Å². The molecule has 6 nitrogen and oxygen atoms in total. The number of ether oxygens (including phenoxy) is 1. The molecule has 2 heterocycles. The number of nitrogens with zero attached hydrogens (tertiary/aromatic N) is 2. The van der Waals surface area contributed by atoms with E-state index in [2.05, 4.69) is 20.6 Å². The van der Waals surface area contributed by atoms with Gasteiger partial charge in [0.1, 0.15) is 11.4 Å². The molecule has 0 radical (unpaired) electrons. The van der Waals surface area contributed by atoms with E-state index in [1.807, 2.05) is 56.3 Å². The molecular weight excluding hydrogens is 340 g/mol. The fraction of sp³-hybridized carbons (Fsp3) is 0.190. The predicted molar refractivity (Wildman–Crippen MR) is 106 cm³/mol. The summed E-state index contributed by atoms with van der Waals surface area (Å²) in [5.41, 5.74) is 2.70. The molecule has 0 aliphatic carbocycles. The Morgan fingerprint density at radius 3 is 2.56 bits per heavy atom. The smallest absolute Gasteiger partial charge is 0.274 e. The molecule has 1 aromatic carbocycles. The van der Waals surface area contributed by atoms with Crippen LogP contribution in [0.2, 0.25) is 0 Å². The predicted octanol–water partition coefficient (Wildman–Crippen LogP) is 4.13. The highest BCUT2D eigenvalue weighted by atomic mass is 16.5. The number of rotatable bonds is 7. The zero-order valence-electron chi connectivity index (χ0n) is 15.3. The van der Waals surface area contributed by atoms with E-state index in [1.54, 1.807) is 24.5 Å². The molecule has 0 unspecified atom stereocenters. The maximum absolute atomic E-state index is 12.5. The lowest BCUT2D eigenvalue weighted by Gasteiger charge is -2.14. The van der Waals surface area contributed by atoms with Crippen molar-refractivity contribution < 1.29 is 9.53 Å². The molecule has 3 rings (SSSR count). The van der Waals surface area contributed by atoms with Gasteiger partial charge in [0.15, 0.2) is 0 Å². The summed E-state index contributed by atoms with van der Waals surface area (Å²) in [5, 5.41) is 6.08. The van der Waals surface area contributed by atoms with Crippen molar-refractivity contribution >= 4 is 17.3 Å². The topological polar surface area (TPSA) is 76.1 Å². The van der Waals surface area contributed by atoms with Crippen LogP contribution in [0.4, 0.5) is 11.4 Å². The van der Waals surface area contributed by atoms with Crippen molar-refractivity contribution in [2.45, 2.75) is 26.5 Å². The summed E-state index contributed by atoms with van der Waals surface area (Å²) in [6.45, 7) is 4.47. The number of hydrogen-bond acceptors (Lipinski definition) is 5. The first-order chi connectivity index (χ1) is 13.1. The van der Waals surface area contributed by atoms with E-state index in [4.69, 9.17) is 4.74 Å². The molecule has 0 saturated heterocycles. The fourth-order valence-corrected chi connectivity index (χ4v) is 2.44. The monoisotopic (exact) mass is 362 g/mol. The summed E-state index contributed by atoms with van der Waals surface area (Å²) >= 11 is 0. The second-order valence-corrected chi connectivity index (χ2v) is 6.22. The summed E-state index contributed by atoms with van der Waals surface area (Å²) in [6.07, 6.45) is 3.41. The van der Waals surface area contributed by atoms with Gasteiger partial charge in [-0.05, 0) is 50.2 Å². The van der Waals surface area contributed by atoms with Gasteiger partial charge in [-0.2, -0.15) is 0 Å². The summed E-state index contributed by atoms with van der Waals surface area (Å²) in [4.78, 5) is 21.0. The van der Waals surface area contributed by atoms with Crippen molar-refractivity contribution in [1.82, 2.24) is 9.97 Å². The van der Waals surface area contributed by atoms with Crippen LogP contribution in [0.5, 0.6) is 5.75 Å². The maximum atomic E-state index is 12.5. The molecule has 6 heteroatoms. The molecule has 2 aromatic heterocycles. The SMILES string of the molecule is CC(C)Oc1ccccc1NC(=O)c1ccc(NCc2ccccn2)cn1. The van der Waals surface area contributed by atoms with Gasteiger partial charge in [-0.1, -0.05) is 18.2 Å². The fourth-order valence-electron chi connectivity index (χ4n) is 2.44. The molecule has 3 aromatic rings. The van der Waals surface area contributed by atoms with Crippen molar-refractivity contribution in [3.05, 3.63) is 78.4 Å². The Kier molecular flexibility index (Phi) is 5.99. The van der Waals surface area contributed by atoms with Gasteiger partial charge in [-0.25, -0.2) is 4.98 Å². The average molecular weight is 362 g/mol. The van der Waals surface area contributed by atoms with Crippen LogP contribution < -0.4 is 15.4 Å². The highest BCUT2D eigenvalue weighted by Gasteiger charge is 2.11. The van der Waals surface area contributed by atoms with Crippen molar-refractivity contribution in [3.8, 4) is 5.75 Å². The third-order valence-corrected chi connectivity index (χ3v) is 3.69. The maximum Gasteiger partial charge on any atom is 0.274 e. The molecule has 27 heavy (non-hydrogen) atoms. The Morgan fingerprint density at radius 2 is 1.85 bits per heavy atom. The second-order valence-electron chi connectivity index (χ2n) is 6.22. The number of benzene rings is 1. The van der Waals surface area contributed by atoms with Gasteiger partial charge < -0.3 is 15.4 Å².